The average Bonchev–Trinajstić information content (AvgIpc) is 2.46. The SMILES string of the molecule is CCCCCCCCCCCC[C@@H](O)[C@H](O)CCCO. The van der Waals surface area contributed by atoms with Crippen molar-refractivity contribution in [3.05, 3.63) is 0 Å². The second-order valence-electron chi connectivity index (χ2n) is 5.97. The molecule has 0 saturated heterocycles. The summed E-state index contributed by atoms with van der Waals surface area (Å²) in [4.78, 5) is 0. The standard InChI is InChI=1S/C17H36O3/c1-2-3-4-5-6-7-8-9-10-11-13-16(19)17(20)14-12-15-18/h16-20H,2-15H2,1H3/t16-,17-/m1/s1. The smallest absolute Gasteiger partial charge is 0.0800 e. The average molecular weight is 288 g/mol. The van der Waals surface area contributed by atoms with Gasteiger partial charge in [0.15, 0.2) is 0 Å². The zero-order valence-corrected chi connectivity index (χ0v) is 13.4. The van der Waals surface area contributed by atoms with Gasteiger partial charge >= 0.3 is 0 Å². The minimum atomic E-state index is -0.666. The lowest BCUT2D eigenvalue weighted by Crippen LogP contribution is -2.25. The van der Waals surface area contributed by atoms with Crippen molar-refractivity contribution in [2.75, 3.05) is 6.61 Å². The largest absolute Gasteiger partial charge is 0.396 e. The molecule has 3 N–H and O–H groups in total. The van der Waals surface area contributed by atoms with Gasteiger partial charge in [0, 0.05) is 6.61 Å². The minimum absolute atomic E-state index is 0.0854. The van der Waals surface area contributed by atoms with Crippen LogP contribution < -0.4 is 0 Å². The molecule has 0 aromatic carbocycles. The molecule has 0 heterocycles. The molecule has 3 nitrogen and oxygen atoms in total. The van der Waals surface area contributed by atoms with Gasteiger partial charge in [-0.15, -0.1) is 0 Å². The van der Waals surface area contributed by atoms with Crippen molar-refractivity contribution in [3.63, 3.8) is 0 Å². The van der Waals surface area contributed by atoms with E-state index in [4.69, 9.17) is 5.11 Å². The quantitative estimate of drug-likeness (QED) is 0.402. The minimum Gasteiger partial charge on any atom is -0.396 e. The van der Waals surface area contributed by atoms with Crippen molar-refractivity contribution in [2.45, 2.75) is 103 Å². The van der Waals surface area contributed by atoms with Gasteiger partial charge in [-0.05, 0) is 19.3 Å². The van der Waals surface area contributed by atoms with Crippen LogP contribution in [0.3, 0.4) is 0 Å². The van der Waals surface area contributed by atoms with E-state index < -0.39 is 12.2 Å². The highest BCUT2D eigenvalue weighted by atomic mass is 16.3. The molecule has 0 aliphatic rings. The summed E-state index contributed by atoms with van der Waals surface area (Å²) >= 11 is 0. The summed E-state index contributed by atoms with van der Waals surface area (Å²) in [5, 5.41) is 28.0. The van der Waals surface area contributed by atoms with Gasteiger partial charge in [-0.25, -0.2) is 0 Å². The zero-order valence-electron chi connectivity index (χ0n) is 13.4. The normalized spacial score (nSPS) is 14.4. The molecular weight excluding hydrogens is 252 g/mol. The Balaban J connectivity index is 3.22. The maximum absolute atomic E-state index is 9.74. The van der Waals surface area contributed by atoms with Crippen molar-refractivity contribution in [3.8, 4) is 0 Å². The van der Waals surface area contributed by atoms with Crippen LogP contribution in [0.1, 0.15) is 90.4 Å². The summed E-state index contributed by atoms with van der Waals surface area (Å²) in [6.07, 6.45) is 13.3. The summed E-state index contributed by atoms with van der Waals surface area (Å²) in [5.41, 5.74) is 0. The third-order valence-corrected chi connectivity index (χ3v) is 3.96. The number of aliphatic hydroxyl groups is 3. The van der Waals surface area contributed by atoms with Crippen LogP contribution >= 0.6 is 0 Å². The van der Waals surface area contributed by atoms with Gasteiger partial charge in [0.25, 0.3) is 0 Å². The van der Waals surface area contributed by atoms with Gasteiger partial charge in [0.05, 0.1) is 12.2 Å². The van der Waals surface area contributed by atoms with Crippen molar-refractivity contribution in [2.24, 2.45) is 0 Å². The molecule has 20 heavy (non-hydrogen) atoms. The van der Waals surface area contributed by atoms with Gasteiger partial charge in [-0.1, -0.05) is 71.1 Å². The molecule has 0 amide bonds. The van der Waals surface area contributed by atoms with Crippen molar-refractivity contribution in [1.82, 2.24) is 0 Å². The molecule has 0 aromatic heterocycles. The van der Waals surface area contributed by atoms with E-state index in [0.717, 1.165) is 12.8 Å². The molecule has 0 aliphatic heterocycles. The Morgan fingerprint density at radius 1 is 0.600 bits per heavy atom. The van der Waals surface area contributed by atoms with E-state index in [-0.39, 0.29) is 6.61 Å². The topological polar surface area (TPSA) is 60.7 Å². The number of aliphatic hydroxyl groups excluding tert-OH is 3. The van der Waals surface area contributed by atoms with Gasteiger partial charge in [-0.3, -0.25) is 0 Å². The second kappa shape index (κ2) is 15.3. The Hall–Kier alpha value is -0.120. The van der Waals surface area contributed by atoms with Crippen molar-refractivity contribution in [1.29, 1.82) is 0 Å². The summed E-state index contributed by atoms with van der Waals surface area (Å²) in [6.45, 7) is 2.33. The maximum Gasteiger partial charge on any atom is 0.0800 e. The Bertz CT molecular complexity index is 185. The van der Waals surface area contributed by atoms with E-state index in [1.165, 1.54) is 51.4 Å². The molecule has 0 aromatic rings. The predicted octanol–water partition coefficient (Wildman–Crippen LogP) is 3.79. The van der Waals surface area contributed by atoms with E-state index in [9.17, 15) is 10.2 Å². The van der Waals surface area contributed by atoms with Crippen LogP contribution in [0.25, 0.3) is 0 Å². The molecule has 0 fully saturated rings. The van der Waals surface area contributed by atoms with E-state index >= 15 is 0 Å². The molecule has 0 rings (SSSR count). The highest BCUT2D eigenvalue weighted by molar-refractivity contribution is 4.67. The van der Waals surface area contributed by atoms with E-state index in [1.807, 2.05) is 0 Å². The Labute approximate surface area is 125 Å². The fraction of sp³-hybridized carbons (Fsp3) is 1.00. The van der Waals surface area contributed by atoms with Gasteiger partial charge in [-0.2, -0.15) is 0 Å². The van der Waals surface area contributed by atoms with Crippen LogP contribution in [-0.4, -0.2) is 34.1 Å². The third-order valence-electron chi connectivity index (χ3n) is 3.96. The van der Waals surface area contributed by atoms with Gasteiger partial charge in [0.2, 0.25) is 0 Å². The van der Waals surface area contributed by atoms with Crippen molar-refractivity contribution < 1.29 is 15.3 Å². The lowest BCUT2D eigenvalue weighted by molar-refractivity contribution is 0.00522. The summed E-state index contributed by atoms with van der Waals surface area (Å²) in [7, 11) is 0. The van der Waals surface area contributed by atoms with Crippen LogP contribution in [0.4, 0.5) is 0 Å². The molecule has 2 atom stereocenters. The predicted molar refractivity (Wildman–Crippen MR) is 84.8 cm³/mol. The molecule has 0 aliphatic carbocycles. The summed E-state index contributed by atoms with van der Waals surface area (Å²) < 4.78 is 0. The van der Waals surface area contributed by atoms with Crippen molar-refractivity contribution >= 4 is 0 Å². The van der Waals surface area contributed by atoms with Gasteiger partial charge in [0.1, 0.15) is 0 Å². The van der Waals surface area contributed by atoms with E-state index in [1.54, 1.807) is 0 Å². The zero-order chi connectivity index (χ0) is 15.1. The fourth-order valence-electron chi connectivity index (χ4n) is 2.53. The first-order valence-electron chi connectivity index (χ1n) is 8.69. The molecule has 122 valence electrons. The lowest BCUT2D eigenvalue weighted by Gasteiger charge is -2.17. The monoisotopic (exact) mass is 288 g/mol. The second-order valence-corrected chi connectivity index (χ2v) is 5.97. The highest BCUT2D eigenvalue weighted by Crippen LogP contribution is 2.14. The van der Waals surface area contributed by atoms with Crippen LogP contribution in [0, 0.1) is 0 Å². The van der Waals surface area contributed by atoms with Crippen LogP contribution in [-0.2, 0) is 0 Å². The first-order chi connectivity index (χ1) is 9.72. The molecular formula is C17H36O3. The number of hydrogen-bond donors (Lipinski definition) is 3. The molecule has 0 saturated carbocycles. The first kappa shape index (κ1) is 19.9. The lowest BCUT2D eigenvalue weighted by atomic mass is 10.0. The van der Waals surface area contributed by atoms with Gasteiger partial charge < -0.3 is 15.3 Å². The molecule has 0 bridgehead atoms. The number of rotatable bonds is 15. The van der Waals surface area contributed by atoms with E-state index in [0.29, 0.717) is 19.3 Å². The molecule has 0 radical (unpaired) electrons. The van der Waals surface area contributed by atoms with E-state index in [2.05, 4.69) is 6.92 Å². The van der Waals surface area contributed by atoms with Crippen LogP contribution in [0.15, 0.2) is 0 Å². The Morgan fingerprint density at radius 3 is 1.45 bits per heavy atom. The molecule has 3 heteroatoms. The number of unbranched alkanes of at least 4 members (excludes halogenated alkanes) is 9. The first-order valence-corrected chi connectivity index (χ1v) is 8.69. The third kappa shape index (κ3) is 12.9. The summed E-state index contributed by atoms with van der Waals surface area (Å²) in [5.74, 6) is 0. The van der Waals surface area contributed by atoms with Crippen LogP contribution in [0.5, 0.6) is 0 Å². The summed E-state index contributed by atoms with van der Waals surface area (Å²) in [6, 6.07) is 0. The highest BCUT2D eigenvalue weighted by Gasteiger charge is 2.14. The maximum atomic E-state index is 9.74. The van der Waals surface area contributed by atoms with Crippen LogP contribution in [0.2, 0.25) is 0 Å². The Morgan fingerprint density at radius 2 is 1.00 bits per heavy atom. The molecule has 0 spiro atoms. The Kier molecular flexibility index (Phi) is 15.2. The molecule has 0 unspecified atom stereocenters. The number of hydrogen-bond acceptors (Lipinski definition) is 3. The fourth-order valence-corrected chi connectivity index (χ4v) is 2.53.